The third-order valence-corrected chi connectivity index (χ3v) is 5.14. The average Bonchev–Trinajstić information content (AvgIpc) is 3.22. The molecule has 5 heteroatoms. The summed E-state index contributed by atoms with van der Waals surface area (Å²) in [6.45, 7) is 3.14. The van der Waals surface area contributed by atoms with Crippen molar-refractivity contribution in [2.24, 2.45) is 0 Å². The van der Waals surface area contributed by atoms with Gasteiger partial charge >= 0.3 is 0 Å². The third-order valence-electron chi connectivity index (χ3n) is 5.14. The second kappa shape index (κ2) is 8.30. The smallest absolute Gasteiger partial charge is 0.223 e. The van der Waals surface area contributed by atoms with Gasteiger partial charge in [0.25, 0.3) is 0 Å². The lowest BCUT2D eigenvalue weighted by Crippen LogP contribution is -2.48. The van der Waals surface area contributed by atoms with Gasteiger partial charge in [0.2, 0.25) is 5.91 Å². The molecule has 2 aromatic carbocycles. The Morgan fingerprint density at radius 3 is 2.36 bits per heavy atom. The van der Waals surface area contributed by atoms with Crippen LogP contribution in [-0.2, 0) is 11.2 Å². The fourth-order valence-corrected chi connectivity index (χ4v) is 3.56. The maximum atomic E-state index is 13.9. The highest BCUT2D eigenvalue weighted by Gasteiger charge is 2.21. The second-order valence-corrected chi connectivity index (χ2v) is 6.95. The summed E-state index contributed by atoms with van der Waals surface area (Å²) in [5.41, 5.74) is 1.64. The first-order valence-corrected chi connectivity index (χ1v) is 9.62. The fraction of sp³-hybridized carbons (Fsp3) is 0.261. The molecule has 1 aliphatic heterocycles. The number of carbonyl (C=O) groups excluding carboxylic acids is 1. The monoisotopic (exact) mass is 378 g/mol. The van der Waals surface area contributed by atoms with Gasteiger partial charge in [-0.3, -0.25) is 4.79 Å². The molecule has 1 aliphatic rings. The summed E-state index contributed by atoms with van der Waals surface area (Å²) in [6, 6.07) is 20.4. The van der Waals surface area contributed by atoms with Crippen molar-refractivity contribution in [1.29, 1.82) is 0 Å². The summed E-state index contributed by atoms with van der Waals surface area (Å²) in [5, 5.41) is 0. The van der Waals surface area contributed by atoms with E-state index in [1.807, 2.05) is 29.2 Å². The van der Waals surface area contributed by atoms with Crippen molar-refractivity contribution >= 4 is 11.6 Å². The van der Waals surface area contributed by atoms with Gasteiger partial charge < -0.3 is 14.2 Å². The van der Waals surface area contributed by atoms with Crippen LogP contribution in [0.3, 0.4) is 0 Å². The lowest BCUT2D eigenvalue weighted by Gasteiger charge is -2.36. The highest BCUT2D eigenvalue weighted by Crippen LogP contribution is 2.25. The highest BCUT2D eigenvalue weighted by molar-refractivity contribution is 5.76. The molecule has 1 fully saturated rings. The van der Waals surface area contributed by atoms with Crippen molar-refractivity contribution in [3.05, 3.63) is 78.3 Å². The molecule has 0 saturated carbocycles. The minimum absolute atomic E-state index is 0.136. The molecular weight excluding hydrogens is 355 g/mol. The number of piperazine rings is 1. The second-order valence-electron chi connectivity index (χ2n) is 6.95. The lowest BCUT2D eigenvalue weighted by atomic mass is 10.1. The van der Waals surface area contributed by atoms with Gasteiger partial charge in [0.05, 0.1) is 5.56 Å². The molecule has 1 amide bonds. The van der Waals surface area contributed by atoms with Crippen LogP contribution in [0.5, 0.6) is 0 Å². The Kier molecular flexibility index (Phi) is 5.42. The zero-order valence-electron chi connectivity index (χ0n) is 15.7. The summed E-state index contributed by atoms with van der Waals surface area (Å²) in [4.78, 5) is 16.8. The normalized spacial score (nSPS) is 14.3. The van der Waals surface area contributed by atoms with Gasteiger partial charge in [0, 0.05) is 44.7 Å². The molecule has 28 heavy (non-hydrogen) atoms. The highest BCUT2D eigenvalue weighted by atomic mass is 19.1. The Bertz CT molecular complexity index is 931. The average molecular weight is 378 g/mol. The minimum Gasteiger partial charge on any atom is -0.461 e. The molecule has 2 heterocycles. The van der Waals surface area contributed by atoms with Crippen LogP contribution in [0.2, 0.25) is 0 Å². The van der Waals surface area contributed by atoms with Crippen LogP contribution in [-0.4, -0.2) is 37.0 Å². The molecule has 144 valence electrons. The van der Waals surface area contributed by atoms with E-state index in [-0.39, 0.29) is 11.7 Å². The van der Waals surface area contributed by atoms with Crippen LogP contribution in [0.4, 0.5) is 10.1 Å². The van der Waals surface area contributed by atoms with Gasteiger partial charge in [-0.15, -0.1) is 0 Å². The molecule has 0 atom stereocenters. The van der Waals surface area contributed by atoms with Gasteiger partial charge in [-0.2, -0.15) is 0 Å². The molecule has 1 aromatic heterocycles. The molecule has 4 rings (SSSR count). The zero-order valence-corrected chi connectivity index (χ0v) is 15.7. The molecule has 1 saturated heterocycles. The quantitative estimate of drug-likeness (QED) is 0.662. The van der Waals surface area contributed by atoms with Crippen LogP contribution < -0.4 is 4.90 Å². The number of para-hydroxylation sites is 1. The fourth-order valence-electron chi connectivity index (χ4n) is 3.56. The summed E-state index contributed by atoms with van der Waals surface area (Å²) in [5.74, 6) is 1.03. The van der Waals surface area contributed by atoms with E-state index in [2.05, 4.69) is 17.0 Å². The third kappa shape index (κ3) is 4.09. The van der Waals surface area contributed by atoms with E-state index in [0.29, 0.717) is 29.9 Å². The summed E-state index contributed by atoms with van der Waals surface area (Å²) >= 11 is 0. The molecule has 3 aromatic rings. The Balaban J connectivity index is 1.29. The van der Waals surface area contributed by atoms with E-state index in [0.717, 1.165) is 26.2 Å². The number of aryl methyl sites for hydroxylation is 1. The molecule has 4 nitrogen and oxygen atoms in total. The van der Waals surface area contributed by atoms with E-state index in [4.69, 9.17) is 4.42 Å². The van der Waals surface area contributed by atoms with E-state index >= 15 is 0 Å². The number of anilines is 1. The van der Waals surface area contributed by atoms with Gasteiger partial charge in [0.15, 0.2) is 0 Å². The number of amides is 1. The van der Waals surface area contributed by atoms with Crippen LogP contribution in [0.25, 0.3) is 11.3 Å². The van der Waals surface area contributed by atoms with Crippen molar-refractivity contribution in [1.82, 2.24) is 4.90 Å². The maximum Gasteiger partial charge on any atom is 0.223 e. The largest absolute Gasteiger partial charge is 0.461 e. The first kappa shape index (κ1) is 18.3. The summed E-state index contributed by atoms with van der Waals surface area (Å²) in [7, 11) is 0. The number of halogens is 1. The summed E-state index contributed by atoms with van der Waals surface area (Å²) in [6.07, 6.45) is 0.918. The van der Waals surface area contributed by atoms with Crippen LogP contribution >= 0.6 is 0 Å². The molecule has 0 radical (unpaired) electrons. The Morgan fingerprint density at radius 2 is 1.61 bits per heavy atom. The topological polar surface area (TPSA) is 36.7 Å². The predicted molar refractivity (Wildman–Crippen MR) is 108 cm³/mol. The first-order chi connectivity index (χ1) is 13.7. The molecule has 0 aliphatic carbocycles. The van der Waals surface area contributed by atoms with Gasteiger partial charge in [-0.05, 0) is 36.4 Å². The first-order valence-electron chi connectivity index (χ1n) is 9.62. The van der Waals surface area contributed by atoms with Gasteiger partial charge in [0.1, 0.15) is 17.3 Å². The number of hydrogen-bond donors (Lipinski definition) is 0. The number of hydrogen-bond acceptors (Lipinski definition) is 3. The van der Waals surface area contributed by atoms with Gasteiger partial charge in [-0.25, -0.2) is 4.39 Å². The number of benzene rings is 2. The molecule has 0 unspecified atom stereocenters. The van der Waals surface area contributed by atoms with Crippen molar-refractivity contribution in [3.8, 4) is 11.3 Å². The zero-order chi connectivity index (χ0) is 19.3. The molecule has 0 bridgehead atoms. The Labute approximate surface area is 164 Å². The van der Waals surface area contributed by atoms with E-state index in [1.165, 1.54) is 11.8 Å². The van der Waals surface area contributed by atoms with Crippen molar-refractivity contribution in [3.63, 3.8) is 0 Å². The number of nitrogens with zero attached hydrogens (tertiary/aromatic N) is 2. The van der Waals surface area contributed by atoms with Gasteiger partial charge in [-0.1, -0.05) is 30.3 Å². The van der Waals surface area contributed by atoms with Crippen molar-refractivity contribution < 1.29 is 13.6 Å². The lowest BCUT2D eigenvalue weighted by molar-refractivity contribution is -0.131. The van der Waals surface area contributed by atoms with E-state index in [9.17, 15) is 9.18 Å². The minimum atomic E-state index is -0.309. The van der Waals surface area contributed by atoms with Crippen LogP contribution in [0, 0.1) is 5.82 Å². The molecular formula is C23H23FN2O2. The predicted octanol–water partition coefficient (Wildman–Crippen LogP) is 4.37. The maximum absolute atomic E-state index is 13.9. The van der Waals surface area contributed by atoms with Crippen LogP contribution in [0.15, 0.2) is 71.1 Å². The van der Waals surface area contributed by atoms with E-state index in [1.54, 1.807) is 24.3 Å². The Morgan fingerprint density at radius 1 is 0.893 bits per heavy atom. The number of rotatable bonds is 5. The van der Waals surface area contributed by atoms with Crippen molar-refractivity contribution in [2.75, 3.05) is 31.1 Å². The van der Waals surface area contributed by atoms with E-state index < -0.39 is 0 Å². The van der Waals surface area contributed by atoms with Crippen molar-refractivity contribution in [2.45, 2.75) is 12.8 Å². The SMILES string of the molecule is O=C(CCc1ccc(-c2ccccc2F)o1)N1CCN(c2ccccc2)CC1. The number of carbonyl (C=O) groups is 1. The van der Waals surface area contributed by atoms with Crippen LogP contribution in [0.1, 0.15) is 12.2 Å². The standard InChI is InChI=1S/C23H23FN2O2/c24-21-9-5-4-8-20(21)22-12-10-19(28-22)11-13-23(27)26-16-14-25(15-17-26)18-6-2-1-3-7-18/h1-10,12H,11,13-17H2. The Hall–Kier alpha value is -3.08. The number of furan rings is 1. The summed E-state index contributed by atoms with van der Waals surface area (Å²) < 4.78 is 19.6. The molecule has 0 spiro atoms. The molecule has 0 N–H and O–H groups in total.